The lowest BCUT2D eigenvalue weighted by Crippen LogP contribution is -1.81. The van der Waals surface area contributed by atoms with E-state index in [1.54, 1.807) is 13.2 Å². The van der Waals surface area contributed by atoms with Gasteiger partial charge in [-0.25, -0.2) is 0 Å². The zero-order chi connectivity index (χ0) is 10.2. The van der Waals surface area contributed by atoms with E-state index in [1.165, 1.54) is 6.08 Å². The van der Waals surface area contributed by atoms with Gasteiger partial charge in [-0.2, -0.15) is 0 Å². The number of carbonyl (C=O) groups is 1. The second kappa shape index (κ2) is 5.75. The Morgan fingerprint density at radius 1 is 1.07 bits per heavy atom. The fraction of sp³-hybridized carbons (Fsp3) is 0.0833. The average molecular weight is 188 g/mol. The number of hydrogen-bond donors (Lipinski definition) is 0. The molecule has 0 saturated heterocycles. The molecule has 0 aliphatic carbocycles. The predicted octanol–water partition coefficient (Wildman–Crippen LogP) is 2.46. The number of aldehydes is 1. The third kappa shape index (κ3) is 3.27. The van der Waals surface area contributed by atoms with Gasteiger partial charge < -0.3 is 4.74 Å². The number of rotatable bonds is 4. The normalized spacial score (nSPS) is 10.9. The molecule has 0 saturated carbocycles. The molecule has 0 amide bonds. The molecule has 0 N–H and O–H groups in total. The highest BCUT2D eigenvalue weighted by atomic mass is 16.5. The molecular formula is C12H12O2. The molecule has 2 nitrogen and oxygen atoms in total. The number of methoxy groups -OCH3 is 1. The lowest BCUT2D eigenvalue weighted by Gasteiger charge is -1.98. The SMILES string of the molecule is COc1ccc(C=CC=CC=O)cc1. The molecule has 0 fully saturated rings. The zero-order valence-electron chi connectivity index (χ0n) is 8.01. The van der Waals surface area contributed by atoms with Crippen molar-refractivity contribution in [2.45, 2.75) is 0 Å². The smallest absolute Gasteiger partial charge is 0.142 e. The minimum atomic E-state index is 0.748. The van der Waals surface area contributed by atoms with E-state index in [2.05, 4.69) is 0 Å². The van der Waals surface area contributed by atoms with Gasteiger partial charge >= 0.3 is 0 Å². The predicted molar refractivity (Wildman–Crippen MR) is 57.2 cm³/mol. The standard InChI is InChI=1S/C12H12O2/c1-14-12-8-6-11(7-9-12)5-3-2-4-10-13/h2-10H,1H3. The van der Waals surface area contributed by atoms with Crippen molar-refractivity contribution in [3.8, 4) is 5.75 Å². The maximum absolute atomic E-state index is 9.96. The second-order valence-electron chi connectivity index (χ2n) is 2.65. The molecule has 1 aromatic rings. The van der Waals surface area contributed by atoms with Crippen LogP contribution in [0.3, 0.4) is 0 Å². The van der Waals surface area contributed by atoms with Gasteiger partial charge in [-0.05, 0) is 23.8 Å². The molecule has 0 atom stereocenters. The topological polar surface area (TPSA) is 26.3 Å². The molecule has 0 radical (unpaired) electrons. The van der Waals surface area contributed by atoms with E-state index >= 15 is 0 Å². The molecule has 14 heavy (non-hydrogen) atoms. The lowest BCUT2D eigenvalue weighted by molar-refractivity contribution is -0.104. The molecule has 2 heteroatoms. The summed E-state index contributed by atoms with van der Waals surface area (Å²) in [5, 5.41) is 0. The van der Waals surface area contributed by atoms with Crippen LogP contribution in [0.1, 0.15) is 5.56 Å². The minimum absolute atomic E-state index is 0.748. The molecule has 0 aliphatic rings. The van der Waals surface area contributed by atoms with Gasteiger partial charge in [0.2, 0.25) is 0 Å². The molecule has 0 bridgehead atoms. The first-order valence-electron chi connectivity index (χ1n) is 4.29. The van der Waals surface area contributed by atoms with Crippen LogP contribution in [0.15, 0.2) is 42.5 Å². The first kappa shape index (κ1) is 10.3. The van der Waals surface area contributed by atoms with E-state index in [-0.39, 0.29) is 0 Å². The number of carbonyl (C=O) groups excluding carboxylic acids is 1. The van der Waals surface area contributed by atoms with Crippen LogP contribution >= 0.6 is 0 Å². The van der Waals surface area contributed by atoms with E-state index < -0.39 is 0 Å². The third-order valence-corrected chi connectivity index (χ3v) is 1.71. The Bertz CT molecular complexity index is 334. The van der Waals surface area contributed by atoms with Crippen molar-refractivity contribution >= 4 is 12.4 Å². The average Bonchev–Trinajstić information content (AvgIpc) is 2.25. The summed E-state index contributed by atoms with van der Waals surface area (Å²) in [5.41, 5.74) is 1.07. The Labute approximate surface area is 83.5 Å². The number of benzene rings is 1. The Hall–Kier alpha value is -1.83. The van der Waals surface area contributed by atoms with Crippen LogP contribution in [0, 0.1) is 0 Å². The van der Waals surface area contributed by atoms with Crippen molar-refractivity contribution < 1.29 is 9.53 Å². The molecule has 0 aliphatic heterocycles. The van der Waals surface area contributed by atoms with Crippen molar-refractivity contribution in [3.63, 3.8) is 0 Å². The van der Waals surface area contributed by atoms with E-state index in [0.29, 0.717) is 0 Å². The third-order valence-electron chi connectivity index (χ3n) is 1.71. The highest BCUT2D eigenvalue weighted by Gasteiger charge is 1.88. The summed E-state index contributed by atoms with van der Waals surface area (Å²) in [6.07, 6.45) is 7.62. The quantitative estimate of drug-likeness (QED) is 0.412. The largest absolute Gasteiger partial charge is 0.497 e. The van der Waals surface area contributed by atoms with Crippen molar-refractivity contribution in [2.24, 2.45) is 0 Å². The van der Waals surface area contributed by atoms with Gasteiger partial charge in [0, 0.05) is 0 Å². The van der Waals surface area contributed by atoms with Crippen LogP contribution in [0.2, 0.25) is 0 Å². The Morgan fingerprint density at radius 3 is 2.36 bits per heavy atom. The molecule has 1 rings (SSSR count). The molecular weight excluding hydrogens is 176 g/mol. The maximum atomic E-state index is 9.96. The van der Waals surface area contributed by atoms with Crippen LogP contribution in [0.4, 0.5) is 0 Å². The van der Waals surface area contributed by atoms with Crippen molar-refractivity contribution in [1.82, 2.24) is 0 Å². The molecule has 0 aromatic heterocycles. The Balaban J connectivity index is 2.63. The second-order valence-corrected chi connectivity index (χ2v) is 2.65. The van der Waals surface area contributed by atoms with Gasteiger partial charge in [0.1, 0.15) is 12.0 Å². The number of allylic oxidation sites excluding steroid dienone is 3. The van der Waals surface area contributed by atoms with Crippen molar-refractivity contribution in [2.75, 3.05) is 7.11 Å². The maximum Gasteiger partial charge on any atom is 0.142 e. The molecule has 0 unspecified atom stereocenters. The lowest BCUT2D eigenvalue weighted by atomic mass is 10.2. The summed E-state index contributed by atoms with van der Waals surface area (Å²) >= 11 is 0. The van der Waals surface area contributed by atoms with Crippen LogP contribution in [0.5, 0.6) is 5.75 Å². The van der Waals surface area contributed by atoms with E-state index in [1.807, 2.05) is 36.4 Å². The van der Waals surface area contributed by atoms with Crippen LogP contribution < -0.4 is 4.74 Å². The summed E-state index contributed by atoms with van der Waals surface area (Å²) in [4.78, 5) is 9.96. The Kier molecular flexibility index (Phi) is 4.21. The summed E-state index contributed by atoms with van der Waals surface area (Å²) in [6.45, 7) is 0. The van der Waals surface area contributed by atoms with Crippen LogP contribution in [-0.4, -0.2) is 13.4 Å². The van der Waals surface area contributed by atoms with E-state index in [0.717, 1.165) is 17.6 Å². The van der Waals surface area contributed by atoms with Gasteiger partial charge in [0.25, 0.3) is 0 Å². The van der Waals surface area contributed by atoms with E-state index in [4.69, 9.17) is 4.74 Å². The van der Waals surface area contributed by atoms with Crippen molar-refractivity contribution in [3.05, 3.63) is 48.1 Å². The fourth-order valence-corrected chi connectivity index (χ4v) is 0.991. The van der Waals surface area contributed by atoms with Crippen LogP contribution in [-0.2, 0) is 4.79 Å². The molecule has 72 valence electrons. The van der Waals surface area contributed by atoms with Gasteiger partial charge in [-0.15, -0.1) is 0 Å². The van der Waals surface area contributed by atoms with Crippen molar-refractivity contribution in [1.29, 1.82) is 0 Å². The summed E-state index contributed by atoms with van der Waals surface area (Å²) < 4.78 is 5.03. The van der Waals surface area contributed by atoms with E-state index in [9.17, 15) is 4.79 Å². The first-order chi connectivity index (χ1) is 6.86. The summed E-state index contributed by atoms with van der Waals surface area (Å²) in [6, 6.07) is 7.68. The summed E-state index contributed by atoms with van der Waals surface area (Å²) in [5.74, 6) is 0.839. The zero-order valence-corrected chi connectivity index (χ0v) is 8.01. The molecule has 0 heterocycles. The fourth-order valence-electron chi connectivity index (χ4n) is 0.991. The summed E-state index contributed by atoms with van der Waals surface area (Å²) in [7, 11) is 1.64. The highest BCUT2D eigenvalue weighted by molar-refractivity contribution is 5.66. The monoisotopic (exact) mass is 188 g/mol. The molecule has 0 spiro atoms. The molecule has 1 aromatic carbocycles. The first-order valence-corrected chi connectivity index (χ1v) is 4.29. The van der Waals surface area contributed by atoms with Gasteiger partial charge in [0.15, 0.2) is 0 Å². The highest BCUT2D eigenvalue weighted by Crippen LogP contribution is 2.12. The van der Waals surface area contributed by atoms with Gasteiger partial charge in [0.05, 0.1) is 7.11 Å². The van der Waals surface area contributed by atoms with Gasteiger partial charge in [-0.3, -0.25) is 4.79 Å². The Morgan fingerprint density at radius 2 is 1.79 bits per heavy atom. The van der Waals surface area contributed by atoms with Crippen LogP contribution in [0.25, 0.3) is 6.08 Å². The minimum Gasteiger partial charge on any atom is -0.497 e. The number of ether oxygens (including phenoxy) is 1. The number of hydrogen-bond acceptors (Lipinski definition) is 2. The van der Waals surface area contributed by atoms with Gasteiger partial charge in [-0.1, -0.05) is 30.4 Å².